The second-order valence-corrected chi connectivity index (χ2v) is 14.0. The van der Waals surface area contributed by atoms with Crippen molar-refractivity contribution in [2.75, 3.05) is 10.8 Å². The van der Waals surface area contributed by atoms with E-state index >= 15 is 0 Å². The molecule has 1 N–H and O–H groups in total. The highest BCUT2D eigenvalue weighted by Crippen LogP contribution is 2.33. The van der Waals surface area contributed by atoms with Gasteiger partial charge in [-0.15, -0.1) is 0 Å². The van der Waals surface area contributed by atoms with Gasteiger partial charge in [0, 0.05) is 24.0 Å². The number of benzene rings is 4. The molecule has 1 atom stereocenters. The van der Waals surface area contributed by atoms with Gasteiger partial charge in [-0.3, -0.25) is 13.9 Å². The van der Waals surface area contributed by atoms with Crippen molar-refractivity contribution in [3.05, 3.63) is 129 Å². The van der Waals surface area contributed by atoms with Gasteiger partial charge in [0.15, 0.2) is 0 Å². The van der Waals surface area contributed by atoms with Gasteiger partial charge in [0.25, 0.3) is 10.0 Å². The quantitative estimate of drug-likeness (QED) is 0.177. The lowest BCUT2D eigenvalue weighted by atomic mass is 10.0. The van der Waals surface area contributed by atoms with Crippen LogP contribution in [0.3, 0.4) is 0 Å². The van der Waals surface area contributed by atoms with Crippen molar-refractivity contribution < 1.29 is 18.0 Å². The van der Waals surface area contributed by atoms with E-state index in [4.69, 9.17) is 23.2 Å². The van der Waals surface area contributed by atoms with E-state index in [0.29, 0.717) is 0 Å². The number of hydrogen-bond donors (Lipinski definition) is 1. The number of nitrogens with zero attached hydrogens (tertiary/aromatic N) is 2. The van der Waals surface area contributed by atoms with Crippen LogP contribution >= 0.6 is 23.2 Å². The van der Waals surface area contributed by atoms with Crippen molar-refractivity contribution in [2.24, 2.45) is 0 Å². The van der Waals surface area contributed by atoms with Gasteiger partial charge in [0.2, 0.25) is 11.8 Å². The highest BCUT2D eigenvalue weighted by molar-refractivity contribution is 7.92. The van der Waals surface area contributed by atoms with Gasteiger partial charge in [-0.05, 0) is 69.2 Å². The Morgan fingerprint density at radius 1 is 0.800 bits per heavy atom. The Kier molecular flexibility index (Phi) is 11.3. The van der Waals surface area contributed by atoms with Gasteiger partial charge in [-0.2, -0.15) is 0 Å². The van der Waals surface area contributed by atoms with E-state index < -0.39 is 28.5 Å². The molecule has 0 fully saturated rings. The standard InChI is InChI=1S/C35H37Cl2N3O4S/c1-24(2)38-35(42)33(20-27-10-6-5-7-11-27)39(22-28-12-8-9-26(4)19-28)34(41)23-40(32-21-29(36)15-18-31(32)37)45(43,44)30-16-13-25(3)14-17-30/h5-19,21,24,33H,20,22-23H2,1-4H3,(H,38,42)/t33-/m0/s1. The van der Waals surface area contributed by atoms with Crippen molar-refractivity contribution in [2.45, 2.75) is 57.6 Å². The van der Waals surface area contributed by atoms with E-state index in [-0.39, 0.29) is 45.5 Å². The Balaban J connectivity index is 1.84. The van der Waals surface area contributed by atoms with Crippen LogP contribution in [0.4, 0.5) is 5.69 Å². The molecule has 10 heteroatoms. The normalized spacial score (nSPS) is 12.1. The zero-order valence-corrected chi connectivity index (χ0v) is 28.0. The monoisotopic (exact) mass is 665 g/mol. The zero-order chi connectivity index (χ0) is 32.7. The number of hydrogen-bond acceptors (Lipinski definition) is 4. The SMILES string of the molecule is Cc1ccc(S(=O)(=O)N(CC(=O)N(Cc2cccc(C)c2)[C@@H](Cc2ccccc2)C(=O)NC(C)C)c2cc(Cl)ccc2Cl)cc1. The molecule has 45 heavy (non-hydrogen) atoms. The summed E-state index contributed by atoms with van der Waals surface area (Å²) in [6.45, 7) is 6.94. The summed E-state index contributed by atoms with van der Waals surface area (Å²) in [6.07, 6.45) is 0.222. The second kappa shape index (κ2) is 15.0. The van der Waals surface area contributed by atoms with E-state index in [1.807, 2.05) is 82.3 Å². The molecule has 7 nitrogen and oxygen atoms in total. The summed E-state index contributed by atoms with van der Waals surface area (Å²) in [4.78, 5) is 29.8. The molecule has 0 aliphatic carbocycles. The van der Waals surface area contributed by atoms with Crippen molar-refractivity contribution in [3.8, 4) is 0 Å². The molecule has 0 saturated heterocycles. The second-order valence-electron chi connectivity index (χ2n) is 11.3. The predicted octanol–water partition coefficient (Wildman–Crippen LogP) is 6.97. The molecule has 0 aliphatic heterocycles. The Hall–Kier alpha value is -3.85. The minimum absolute atomic E-state index is 0.0134. The minimum Gasteiger partial charge on any atom is -0.352 e. The zero-order valence-electron chi connectivity index (χ0n) is 25.7. The molecule has 4 rings (SSSR count). The molecule has 0 heterocycles. The molecule has 236 valence electrons. The first-order chi connectivity index (χ1) is 21.3. The lowest BCUT2D eigenvalue weighted by Crippen LogP contribution is -2.54. The third-order valence-electron chi connectivity index (χ3n) is 7.20. The summed E-state index contributed by atoms with van der Waals surface area (Å²) in [6, 6.07) is 26.7. The molecule has 0 bridgehead atoms. The maximum atomic E-state index is 14.5. The van der Waals surface area contributed by atoms with Crippen LogP contribution in [-0.4, -0.2) is 43.8 Å². The lowest BCUT2D eigenvalue weighted by molar-refractivity contribution is -0.140. The Labute approximate surface area is 275 Å². The van der Waals surface area contributed by atoms with Crippen LogP contribution in [0.1, 0.15) is 36.1 Å². The van der Waals surface area contributed by atoms with Gasteiger partial charge >= 0.3 is 0 Å². The molecule has 2 amide bonds. The molecule has 0 saturated carbocycles. The third-order valence-corrected chi connectivity index (χ3v) is 9.53. The predicted molar refractivity (Wildman–Crippen MR) is 181 cm³/mol. The number of aryl methyl sites for hydroxylation is 2. The van der Waals surface area contributed by atoms with Crippen LogP contribution in [-0.2, 0) is 32.6 Å². The number of carbonyl (C=O) groups excluding carboxylic acids is 2. The maximum absolute atomic E-state index is 14.5. The Morgan fingerprint density at radius 3 is 2.11 bits per heavy atom. The summed E-state index contributed by atoms with van der Waals surface area (Å²) < 4.78 is 29.3. The summed E-state index contributed by atoms with van der Waals surface area (Å²) in [5.74, 6) is -0.924. The first-order valence-electron chi connectivity index (χ1n) is 14.6. The summed E-state index contributed by atoms with van der Waals surface area (Å²) in [7, 11) is -4.30. The lowest BCUT2D eigenvalue weighted by Gasteiger charge is -2.34. The summed E-state index contributed by atoms with van der Waals surface area (Å²) >= 11 is 12.8. The topological polar surface area (TPSA) is 86.8 Å². The fourth-order valence-electron chi connectivity index (χ4n) is 4.97. The third kappa shape index (κ3) is 8.87. The number of nitrogens with one attached hydrogen (secondary N) is 1. The van der Waals surface area contributed by atoms with Crippen molar-refractivity contribution in [1.29, 1.82) is 0 Å². The van der Waals surface area contributed by atoms with Crippen LogP contribution in [0, 0.1) is 13.8 Å². The van der Waals surface area contributed by atoms with Crippen molar-refractivity contribution in [1.82, 2.24) is 10.2 Å². The van der Waals surface area contributed by atoms with E-state index in [2.05, 4.69) is 5.32 Å². The number of halogens is 2. The number of anilines is 1. The van der Waals surface area contributed by atoms with Gasteiger partial charge < -0.3 is 10.2 Å². The number of carbonyl (C=O) groups is 2. The van der Waals surface area contributed by atoms with E-state index in [0.717, 1.165) is 26.6 Å². The summed E-state index contributed by atoms with van der Waals surface area (Å²) in [5.41, 5.74) is 3.57. The first kappa shape index (κ1) is 34.0. The summed E-state index contributed by atoms with van der Waals surface area (Å²) in [5, 5.41) is 3.31. The van der Waals surface area contributed by atoms with E-state index in [9.17, 15) is 18.0 Å². The van der Waals surface area contributed by atoms with E-state index in [1.165, 1.54) is 29.2 Å². The highest BCUT2D eigenvalue weighted by atomic mass is 35.5. The van der Waals surface area contributed by atoms with Gasteiger partial charge in [-0.25, -0.2) is 8.42 Å². The van der Waals surface area contributed by atoms with Crippen LogP contribution in [0.15, 0.2) is 102 Å². The van der Waals surface area contributed by atoms with Crippen molar-refractivity contribution >= 4 is 50.7 Å². The van der Waals surface area contributed by atoms with Gasteiger partial charge in [0.1, 0.15) is 12.6 Å². The first-order valence-corrected chi connectivity index (χ1v) is 16.8. The largest absolute Gasteiger partial charge is 0.352 e. The molecule has 0 spiro atoms. The molecule has 4 aromatic rings. The molecule has 0 aliphatic rings. The minimum atomic E-state index is -4.30. The van der Waals surface area contributed by atoms with Crippen LogP contribution < -0.4 is 9.62 Å². The Bertz CT molecular complexity index is 1750. The molecule has 0 unspecified atom stereocenters. The molecular formula is C35H37Cl2N3O4S. The highest BCUT2D eigenvalue weighted by Gasteiger charge is 2.35. The smallest absolute Gasteiger partial charge is 0.264 e. The average molecular weight is 667 g/mol. The van der Waals surface area contributed by atoms with Gasteiger partial charge in [-0.1, -0.05) is 101 Å². The van der Waals surface area contributed by atoms with Crippen LogP contribution in [0.2, 0.25) is 10.0 Å². The number of sulfonamides is 1. The fourth-order valence-corrected chi connectivity index (χ4v) is 6.83. The maximum Gasteiger partial charge on any atom is 0.264 e. The van der Waals surface area contributed by atoms with Crippen molar-refractivity contribution in [3.63, 3.8) is 0 Å². The molecule has 0 aromatic heterocycles. The molecule has 0 radical (unpaired) electrons. The number of amides is 2. The number of rotatable bonds is 12. The fraction of sp³-hybridized carbons (Fsp3) is 0.257. The van der Waals surface area contributed by atoms with Gasteiger partial charge in [0.05, 0.1) is 15.6 Å². The molecule has 4 aromatic carbocycles. The Morgan fingerprint density at radius 2 is 1.47 bits per heavy atom. The van der Waals surface area contributed by atoms with Crippen LogP contribution in [0.5, 0.6) is 0 Å². The molecular weight excluding hydrogens is 629 g/mol. The van der Waals surface area contributed by atoms with Crippen LogP contribution in [0.25, 0.3) is 0 Å². The average Bonchev–Trinajstić information content (AvgIpc) is 2.99. The van der Waals surface area contributed by atoms with E-state index in [1.54, 1.807) is 18.2 Å².